The molecule has 2 heterocycles. The first-order chi connectivity index (χ1) is 13.0. The van der Waals surface area contributed by atoms with Crippen molar-refractivity contribution in [2.45, 2.75) is 25.0 Å². The summed E-state index contributed by atoms with van der Waals surface area (Å²) in [7, 11) is 3.43. The van der Waals surface area contributed by atoms with Gasteiger partial charge in [-0.3, -0.25) is 9.48 Å². The van der Waals surface area contributed by atoms with E-state index in [2.05, 4.69) is 5.10 Å². The van der Waals surface area contributed by atoms with Crippen LogP contribution < -0.4 is 9.47 Å². The lowest BCUT2D eigenvalue weighted by atomic mass is 10.1. The van der Waals surface area contributed by atoms with Crippen LogP contribution in [0.25, 0.3) is 6.08 Å². The van der Waals surface area contributed by atoms with Crippen molar-refractivity contribution < 1.29 is 19.4 Å². The summed E-state index contributed by atoms with van der Waals surface area (Å²) >= 11 is 0. The van der Waals surface area contributed by atoms with Crippen LogP contribution in [0.5, 0.6) is 11.5 Å². The number of aryl methyl sites for hydroxylation is 1. The number of hydrogen-bond donors (Lipinski definition) is 1. The SMILES string of the molecule is COc1cccc(O[C@H]2CCN(C(=O)/C=C/c3cnn(C)c3)CC[C@@H]2O)c1. The minimum atomic E-state index is -0.628. The summed E-state index contributed by atoms with van der Waals surface area (Å²) in [5, 5.41) is 14.5. The fraction of sp³-hybridized carbons (Fsp3) is 0.400. The van der Waals surface area contributed by atoms with E-state index in [0.717, 1.165) is 5.56 Å². The third-order valence-corrected chi connectivity index (χ3v) is 4.59. The fourth-order valence-electron chi connectivity index (χ4n) is 3.07. The number of aliphatic hydroxyl groups excluding tert-OH is 1. The number of carbonyl (C=O) groups excluding carboxylic acids is 1. The van der Waals surface area contributed by atoms with Crippen molar-refractivity contribution in [2.75, 3.05) is 20.2 Å². The van der Waals surface area contributed by atoms with Crippen molar-refractivity contribution >= 4 is 12.0 Å². The van der Waals surface area contributed by atoms with Gasteiger partial charge in [-0.25, -0.2) is 0 Å². The Morgan fingerprint density at radius 1 is 1.30 bits per heavy atom. The Balaban J connectivity index is 1.59. The van der Waals surface area contributed by atoms with Gasteiger partial charge in [-0.05, 0) is 24.6 Å². The minimum absolute atomic E-state index is 0.0758. The van der Waals surface area contributed by atoms with Crippen molar-refractivity contribution in [3.8, 4) is 11.5 Å². The zero-order valence-electron chi connectivity index (χ0n) is 15.6. The molecule has 1 aromatic heterocycles. The number of aromatic nitrogens is 2. The Morgan fingerprint density at radius 2 is 2.07 bits per heavy atom. The van der Waals surface area contributed by atoms with Gasteiger partial charge in [0.05, 0.1) is 19.4 Å². The van der Waals surface area contributed by atoms with E-state index in [1.54, 1.807) is 41.1 Å². The number of rotatable bonds is 5. The molecular weight excluding hydrogens is 346 g/mol. The van der Waals surface area contributed by atoms with E-state index >= 15 is 0 Å². The topological polar surface area (TPSA) is 76.8 Å². The standard InChI is InChI=1S/C20H25N3O4/c1-22-14-15(13-21-22)6-7-20(25)23-10-8-18(24)19(9-11-23)27-17-5-3-4-16(12-17)26-2/h3-7,12-14,18-19,24H,8-11H2,1-2H3/b7-6+/t18-,19-/m0/s1. The first-order valence-corrected chi connectivity index (χ1v) is 8.99. The highest BCUT2D eigenvalue weighted by molar-refractivity contribution is 5.91. The molecule has 0 radical (unpaired) electrons. The molecule has 1 aliphatic heterocycles. The zero-order chi connectivity index (χ0) is 19.2. The number of nitrogens with zero attached hydrogens (tertiary/aromatic N) is 3. The molecule has 1 fully saturated rings. The quantitative estimate of drug-likeness (QED) is 0.812. The number of ether oxygens (including phenoxy) is 2. The van der Waals surface area contributed by atoms with Gasteiger partial charge in [0.2, 0.25) is 5.91 Å². The number of likely N-dealkylation sites (tertiary alicyclic amines) is 1. The van der Waals surface area contributed by atoms with Gasteiger partial charge in [-0.2, -0.15) is 5.10 Å². The second-order valence-corrected chi connectivity index (χ2v) is 6.59. The average Bonchev–Trinajstić information content (AvgIpc) is 3.01. The molecule has 0 spiro atoms. The molecular formula is C20H25N3O4. The lowest BCUT2D eigenvalue weighted by Gasteiger charge is -2.22. The van der Waals surface area contributed by atoms with E-state index in [9.17, 15) is 9.90 Å². The molecule has 1 N–H and O–H groups in total. The minimum Gasteiger partial charge on any atom is -0.497 e. The van der Waals surface area contributed by atoms with Gasteiger partial charge in [-0.1, -0.05) is 6.07 Å². The summed E-state index contributed by atoms with van der Waals surface area (Å²) in [6.45, 7) is 1.03. The number of benzene rings is 1. The molecule has 27 heavy (non-hydrogen) atoms. The second kappa shape index (κ2) is 8.73. The molecule has 7 heteroatoms. The monoisotopic (exact) mass is 371 g/mol. The zero-order valence-corrected chi connectivity index (χ0v) is 15.6. The molecule has 0 unspecified atom stereocenters. The van der Waals surface area contributed by atoms with Crippen LogP contribution in [0.2, 0.25) is 0 Å². The van der Waals surface area contributed by atoms with Crippen LogP contribution in [0.1, 0.15) is 18.4 Å². The highest BCUT2D eigenvalue weighted by atomic mass is 16.5. The molecule has 1 aromatic carbocycles. The highest BCUT2D eigenvalue weighted by Gasteiger charge is 2.27. The van der Waals surface area contributed by atoms with E-state index in [1.165, 1.54) is 0 Å². The molecule has 0 saturated carbocycles. The van der Waals surface area contributed by atoms with Crippen molar-refractivity contribution in [1.82, 2.24) is 14.7 Å². The Morgan fingerprint density at radius 3 is 2.81 bits per heavy atom. The number of carbonyl (C=O) groups is 1. The van der Waals surface area contributed by atoms with Crippen LogP contribution in [0.3, 0.4) is 0 Å². The van der Waals surface area contributed by atoms with Gasteiger partial charge in [0.1, 0.15) is 17.6 Å². The van der Waals surface area contributed by atoms with Crippen LogP contribution in [0.4, 0.5) is 0 Å². The Hall–Kier alpha value is -2.80. The molecule has 2 atom stereocenters. The summed E-state index contributed by atoms with van der Waals surface area (Å²) < 4.78 is 12.8. The molecule has 3 rings (SSSR count). The van der Waals surface area contributed by atoms with Gasteiger partial charge in [0, 0.05) is 50.5 Å². The summed E-state index contributed by atoms with van der Waals surface area (Å²) in [5.74, 6) is 1.27. The second-order valence-electron chi connectivity index (χ2n) is 6.59. The van der Waals surface area contributed by atoms with Gasteiger partial charge < -0.3 is 19.5 Å². The first-order valence-electron chi connectivity index (χ1n) is 8.99. The summed E-state index contributed by atoms with van der Waals surface area (Å²) in [4.78, 5) is 14.2. The van der Waals surface area contributed by atoms with E-state index in [4.69, 9.17) is 9.47 Å². The molecule has 1 aliphatic rings. The largest absolute Gasteiger partial charge is 0.497 e. The molecule has 0 aliphatic carbocycles. The van der Waals surface area contributed by atoms with E-state index in [-0.39, 0.29) is 12.0 Å². The molecule has 1 amide bonds. The lowest BCUT2D eigenvalue weighted by Crippen LogP contribution is -2.31. The van der Waals surface area contributed by atoms with Gasteiger partial charge in [0.25, 0.3) is 0 Å². The smallest absolute Gasteiger partial charge is 0.246 e. The predicted molar refractivity (Wildman–Crippen MR) is 101 cm³/mol. The van der Waals surface area contributed by atoms with E-state index < -0.39 is 6.10 Å². The number of aliphatic hydroxyl groups is 1. The van der Waals surface area contributed by atoms with Gasteiger partial charge in [-0.15, -0.1) is 0 Å². The third-order valence-electron chi connectivity index (χ3n) is 4.59. The van der Waals surface area contributed by atoms with E-state index in [1.807, 2.05) is 31.4 Å². The Bertz CT molecular complexity index is 802. The van der Waals surface area contributed by atoms with Crippen LogP contribution in [0.15, 0.2) is 42.7 Å². The summed E-state index contributed by atoms with van der Waals surface area (Å²) in [6, 6.07) is 7.30. The molecule has 2 aromatic rings. The Kier molecular flexibility index (Phi) is 6.13. The van der Waals surface area contributed by atoms with Crippen molar-refractivity contribution in [1.29, 1.82) is 0 Å². The number of methoxy groups -OCH3 is 1. The summed E-state index contributed by atoms with van der Waals surface area (Å²) in [6.07, 6.45) is 6.88. The normalized spacial score (nSPS) is 20.5. The van der Waals surface area contributed by atoms with E-state index in [0.29, 0.717) is 37.4 Å². The van der Waals surface area contributed by atoms with Crippen molar-refractivity contribution in [3.05, 3.63) is 48.3 Å². The van der Waals surface area contributed by atoms with Crippen molar-refractivity contribution in [3.63, 3.8) is 0 Å². The highest BCUT2D eigenvalue weighted by Crippen LogP contribution is 2.23. The molecule has 1 saturated heterocycles. The maximum absolute atomic E-state index is 12.5. The molecule has 0 bridgehead atoms. The summed E-state index contributed by atoms with van der Waals surface area (Å²) in [5.41, 5.74) is 0.875. The van der Waals surface area contributed by atoms with Gasteiger partial charge in [0.15, 0.2) is 0 Å². The molecule has 144 valence electrons. The lowest BCUT2D eigenvalue weighted by molar-refractivity contribution is -0.125. The van der Waals surface area contributed by atoms with Gasteiger partial charge >= 0.3 is 0 Å². The number of amides is 1. The predicted octanol–water partition coefficient (Wildman–Crippen LogP) is 1.87. The third kappa shape index (κ3) is 5.10. The maximum atomic E-state index is 12.5. The van der Waals surface area contributed by atoms with Crippen LogP contribution in [-0.4, -0.2) is 58.1 Å². The average molecular weight is 371 g/mol. The Labute approximate surface area is 158 Å². The molecule has 7 nitrogen and oxygen atoms in total. The maximum Gasteiger partial charge on any atom is 0.246 e. The van der Waals surface area contributed by atoms with Crippen LogP contribution in [0, 0.1) is 0 Å². The fourth-order valence-corrected chi connectivity index (χ4v) is 3.07. The van der Waals surface area contributed by atoms with Crippen LogP contribution >= 0.6 is 0 Å². The van der Waals surface area contributed by atoms with Crippen molar-refractivity contribution in [2.24, 2.45) is 7.05 Å². The van der Waals surface area contributed by atoms with Crippen LogP contribution in [-0.2, 0) is 11.8 Å². The number of hydrogen-bond acceptors (Lipinski definition) is 5. The first kappa shape index (κ1) is 19.0.